The van der Waals surface area contributed by atoms with Gasteiger partial charge in [-0.2, -0.15) is 0 Å². The number of aliphatic carboxylic acids is 1. The Bertz CT molecular complexity index is 497. The van der Waals surface area contributed by atoms with E-state index in [1.54, 1.807) is 20.8 Å². The molecular weight excluding hydrogens is 284 g/mol. The lowest BCUT2D eigenvalue weighted by Gasteiger charge is -2.24. The van der Waals surface area contributed by atoms with Crippen LogP contribution in [-0.4, -0.2) is 41.3 Å². The van der Waals surface area contributed by atoms with Crippen molar-refractivity contribution in [3.05, 3.63) is 30.3 Å². The van der Waals surface area contributed by atoms with Gasteiger partial charge in [0.15, 0.2) is 0 Å². The second-order valence-corrected chi connectivity index (χ2v) is 6.12. The molecule has 0 aliphatic heterocycles. The third-order valence-corrected chi connectivity index (χ3v) is 2.70. The van der Waals surface area contributed by atoms with Gasteiger partial charge in [0.2, 0.25) is 6.04 Å². The van der Waals surface area contributed by atoms with E-state index in [4.69, 9.17) is 9.84 Å². The second kappa shape index (κ2) is 7.79. The van der Waals surface area contributed by atoms with Gasteiger partial charge in [-0.05, 0) is 39.8 Å². The van der Waals surface area contributed by atoms with Gasteiger partial charge < -0.3 is 15.2 Å². The highest BCUT2D eigenvalue weighted by atomic mass is 16.6. The van der Waals surface area contributed by atoms with E-state index in [1.807, 2.05) is 37.3 Å². The molecule has 0 saturated carbocycles. The molecule has 0 aliphatic rings. The summed E-state index contributed by atoms with van der Waals surface area (Å²) >= 11 is 0. The molecule has 0 heterocycles. The molecule has 6 nitrogen and oxygen atoms in total. The minimum absolute atomic E-state index is 0.0494. The molecule has 0 radical (unpaired) electrons. The van der Waals surface area contributed by atoms with Crippen LogP contribution in [0.1, 0.15) is 27.7 Å². The molecule has 0 aliphatic carbocycles. The van der Waals surface area contributed by atoms with Crippen molar-refractivity contribution in [2.75, 3.05) is 11.9 Å². The summed E-state index contributed by atoms with van der Waals surface area (Å²) < 4.78 is 5.11. The lowest BCUT2D eigenvalue weighted by Crippen LogP contribution is -2.49. The van der Waals surface area contributed by atoms with Gasteiger partial charge in [0.25, 0.3) is 0 Å². The van der Waals surface area contributed by atoms with Crippen molar-refractivity contribution in [2.24, 2.45) is 0 Å². The second-order valence-electron chi connectivity index (χ2n) is 6.12. The largest absolute Gasteiger partial charge is 0.480 e. The standard InChI is InChI=1S/C16H24N2O4/c1-11(18-12-8-6-5-7-9-12)10-17-13(14(19)20)15(21)22-16(2,3)4/h5-9,11,13,17-18H,10H2,1-4H3,(H,19,20). The van der Waals surface area contributed by atoms with E-state index in [2.05, 4.69) is 10.6 Å². The first-order valence-corrected chi connectivity index (χ1v) is 7.19. The zero-order valence-electron chi connectivity index (χ0n) is 13.4. The van der Waals surface area contributed by atoms with Crippen molar-refractivity contribution < 1.29 is 19.4 Å². The number of benzene rings is 1. The molecule has 22 heavy (non-hydrogen) atoms. The van der Waals surface area contributed by atoms with Crippen LogP contribution in [0.3, 0.4) is 0 Å². The van der Waals surface area contributed by atoms with Crippen LogP contribution in [0.5, 0.6) is 0 Å². The van der Waals surface area contributed by atoms with E-state index < -0.39 is 23.6 Å². The lowest BCUT2D eigenvalue weighted by molar-refractivity contribution is -0.163. The maximum Gasteiger partial charge on any atom is 0.335 e. The smallest absolute Gasteiger partial charge is 0.335 e. The molecule has 3 N–H and O–H groups in total. The number of nitrogens with one attached hydrogen (secondary N) is 2. The topological polar surface area (TPSA) is 87.7 Å². The third kappa shape index (κ3) is 6.58. The van der Waals surface area contributed by atoms with Gasteiger partial charge in [-0.1, -0.05) is 18.2 Å². The summed E-state index contributed by atoms with van der Waals surface area (Å²) in [6, 6.07) is 8.13. The SMILES string of the molecule is CC(CNC(C(=O)O)C(=O)OC(C)(C)C)Nc1ccccc1. The molecule has 0 amide bonds. The molecule has 0 fully saturated rings. The maximum atomic E-state index is 11.9. The molecule has 0 aromatic heterocycles. The number of hydrogen-bond acceptors (Lipinski definition) is 5. The van der Waals surface area contributed by atoms with Crippen molar-refractivity contribution in [3.63, 3.8) is 0 Å². The number of carboxylic acid groups (broad SMARTS) is 1. The number of esters is 1. The first-order valence-electron chi connectivity index (χ1n) is 7.19. The Labute approximate surface area is 130 Å². The van der Waals surface area contributed by atoms with Gasteiger partial charge in [-0.3, -0.25) is 5.32 Å². The number of carbonyl (C=O) groups is 2. The highest BCUT2D eigenvalue weighted by Crippen LogP contribution is 2.09. The van der Waals surface area contributed by atoms with Crippen molar-refractivity contribution in [3.8, 4) is 0 Å². The van der Waals surface area contributed by atoms with E-state index in [0.717, 1.165) is 5.69 Å². The van der Waals surface area contributed by atoms with Crippen LogP contribution in [-0.2, 0) is 14.3 Å². The van der Waals surface area contributed by atoms with Crippen molar-refractivity contribution in [1.82, 2.24) is 5.32 Å². The maximum absolute atomic E-state index is 11.9. The van der Waals surface area contributed by atoms with Gasteiger partial charge >= 0.3 is 11.9 Å². The summed E-state index contributed by atoms with van der Waals surface area (Å²) in [5.74, 6) is -2.03. The fourth-order valence-electron chi connectivity index (χ4n) is 1.80. The molecule has 0 spiro atoms. The lowest BCUT2D eigenvalue weighted by atomic mass is 10.2. The number of carbonyl (C=O) groups excluding carboxylic acids is 1. The van der Waals surface area contributed by atoms with E-state index in [0.29, 0.717) is 6.54 Å². The number of anilines is 1. The molecule has 1 aromatic carbocycles. The number of ether oxygens (including phenoxy) is 1. The molecule has 1 rings (SSSR count). The molecule has 2 unspecified atom stereocenters. The van der Waals surface area contributed by atoms with Crippen LogP contribution < -0.4 is 10.6 Å². The van der Waals surface area contributed by atoms with Crippen LogP contribution >= 0.6 is 0 Å². The average molecular weight is 308 g/mol. The van der Waals surface area contributed by atoms with Gasteiger partial charge in [0, 0.05) is 18.3 Å². The molecule has 2 atom stereocenters. The van der Waals surface area contributed by atoms with Crippen LogP contribution in [0, 0.1) is 0 Å². The van der Waals surface area contributed by atoms with E-state index in [9.17, 15) is 9.59 Å². The third-order valence-electron chi connectivity index (χ3n) is 2.70. The highest BCUT2D eigenvalue weighted by molar-refractivity contribution is 5.98. The van der Waals surface area contributed by atoms with Gasteiger partial charge in [0.1, 0.15) is 5.60 Å². The first-order chi connectivity index (χ1) is 10.2. The summed E-state index contributed by atoms with van der Waals surface area (Å²) in [6.07, 6.45) is 0. The van der Waals surface area contributed by atoms with Crippen LogP contribution in [0.2, 0.25) is 0 Å². The summed E-state index contributed by atoms with van der Waals surface area (Å²) in [5.41, 5.74) is 0.210. The normalized spacial score (nSPS) is 14.0. The fourth-order valence-corrected chi connectivity index (χ4v) is 1.80. The number of hydrogen-bond donors (Lipinski definition) is 3. The van der Waals surface area contributed by atoms with Crippen LogP contribution in [0.25, 0.3) is 0 Å². The van der Waals surface area contributed by atoms with Gasteiger partial charge in [-0.15, -0.1) is 0 Å². The fraction of sp³-hybridized carbons (Fsp3) is 0.500. The Morgan fingerprint density at radius 1 is 1.23 bits per heavy atom. The molecule has 0 bridgehead atoms. The van der Waals surface area contributed by atoms with Crippen molar-refractivity contribution in [1.29, 1.82) is 0 Å². The predicted octanol–water partition coefficient (Wildman–Crippen LogP) is 1.87. The monoisotopic (exact) mass is 308 g/mol. The Morgan fingerprint density at radius 2 is 1.82 bits per heavy atom. The molecule has 1 aromatic rings. The summed E-state index contributed by atoms with van der Waals surface area (Å²) in [7, 11) is 0. The zero-order valence-corrected chi connectivity index (χ0v) is 13.4. The summed E-state index contributed by atoms with van der Waals surface area (Å²) in [4.78, 5) is 23.1. The predicted molar refractivity (Wildman–Crippen MR) is 84.8 cm³/mol. The minimum atomic E-state index is -1.38. The summed E-state index contributed by atoms with van der Waals surface area (Å²) in [5, 5.41) is 15.1. The number of carboxylic acids is 1. The Morgan fingerprint density at radius 3 is 2.32 bits per heavy atom. The zero-order chi connectivity index (χ0) is 16.8. The van der Waals surface area contributed by atoms with Crippen LogP contribution in [0.15, 0.2) is 30.3 Å². The summed E-state index contributed by atoms with van der Waals surface area (Å²) in [6.45, 7) is 7.30. The number of rotatable bonds is 7. The average Bonchev–Trinajstić information content (AvgIpc) is 2.37. The van der Waals surface area contributed by atoms with E-state index >= 15 is 0 Å². The van der Waals surface area contributed by atoms with Crippen LogP contribution in [0.4, 0.5) is 5.69 Å². The first kappa shape index (κ1) is 18.0. The van der Waals surface area contributed by atoms with E-state index in [-0.39, 0.29) is 6.04 Å². The molecule has 122 valence electrons. The highest BCUT2D eigenvalue weighted by Gasteiger charge is 2.30. The van der Waals surface area contributed by atoms with Gasteiger partial charge in [-0.25, -0.2) is 9.59 Å². The molecule has 0 saturated heterocycles. The Kier molecular flexibility index (Phi) is 6.37. The Balaban J connectivity index is 2.54. The quantitative estimate of drug-likeness (QED) is 0.526. The molecule has 6 heteroatoms. The van der Waals surface area contributed by atoms with E-state index in [1.165, 1.54) is 0 Å². The molecular formula is C16H24N2O4. The van der Waals surface area contributed by atoms with Gasteiger partial charge in [0.05, 0.1) is 0 Å². The van der Waals surface area contributed by atoms with Crippen molar-refractivity contribution in [2.45, 2.75) is 45.4 Å². The minimum Gasteiger partial charge on any atom is -0.480 e. The Hall–Kier alpha value is -2.08. The number of para-hydroxylation sites is 1. The van der Waals surface area contributed by atoms with Crippen molar-refractivity contribution >= 4 is 17.6 Å².